The molecule has 1 heterocycles. The fourth-order valence-electron chi connectivity index (χ4n) is 2.00. The zero-order valence-electron chi connectivity index (χ0n) is 12.8. The molecular weight excluding hydrogens is 222 g/mol. The number of amides is 1. The Morgan fingerprint density at radius 1 is 1.17 bits per heavy atom. The number of fused-ring (bicyclic) bond motifs is 1. The number of nitrogens with one attached hydrogen (secondary N) is 1. The van der Waals surface area contributed by atoms with Crippen LogP contribution in [-0.2, 0) is 6.54 Å². The Hall–Kier alpha value is -1.31. The van der Waals surface area contributed by atoms with Crippen LogP contribution >= 0.6 is 0 Å². The monoisotopic (exact) mass is 251 g/mol. The highest BCUT2D eigenvalue weighted by Gasteiger charge is 2.24. The van der Waals surface area contributed by atoms with Crippen molar-refractivity contribution in [3.63, 3.8) is 0 Å². The molecule has 0 aromatic heterocycles. The minimum atomic E-state index is 0. The van der Waals surface area contributed by atoms with Crippen molar-refractivity contribution in [3.05, 3.63) is 34.4 Å². The van der Waals surface area contributed by atoms with Gasteiger partial charge in [0.1, 0.15) is 0 Å². The summed E-state index contributed by atoms with van der Waals surface area (Å²) in [4.78, 5) is 11.6. The van der Waals surface area contributed by atoms with Gasteiger partial charge in [-0.25, -0.2) is 0 Å². The molecule has 1 aliphatic heterocycles. The van der Waals surface area contributed by atoms with Gasteiger partial charge in [0, 0.05) is 13.5 Å². The lowest BCUT2D eigenvalue weighted by Gasteiger charge is -2.11. The lowest BCUT2D eigenvalue weighted by Crippen LogP contribution is -2.14. The molecule has 104 valence electrons. The van der Waals surface area contributed by atoms with Gasteiger partial charge in [-0.1, -0.05) is 53.7 Å². The maximum atomic E-state index is 11.6. The number of aryl methyl sites for hydroxylation is 1. The Morgan fingerprint density at radius 3 is 2.22 bits per heavy atom. The molecule has 0 unspecified atom stereocenters. The standard InChI is InChI=1S/C12H15NO.2C2H6.H2/c1-7(2)9-5-4-8(3)10-6-13-12(14)11(9)10;2*1-2;/h4-5,7H,6H2,1-3H3,(H,13,14);2*1-2H3;1H. The van der Waals surface area contributed by atoms with Crippen LogP contribution in [0.25, 0.3) is 0 Å². The lowest BCUT2D eigenvalue weighted by atomic mass is 9.92. The first-order valence-electron chi connectivity index (χ1n) is 7.02. The van der Waals surface area contributed by atoms with Crippen LogP contribution in [0.4, 0.5) is 0 Å². The summed E-state index contributed by atoms with van der Waals surface area (Å²) in [6.07, 6.45) is 0. The van der Waals surface area contributed by atoms with Crippen molar-refractivity contribution >= 4 is 5.91 Å². The first-order valence-corrected chi connectivity index (χ1v) is 7.02. The molecule has 2 heteroatoms. The first-order chi connectivity index (χ1) is 8.61. The molecule has 0 bridgehead atoms. The van der Waals surface area contributed by atoms with E-state index < -0.39 is 0 Å². The van der Waals surface area contributed by atoms with Crippen LogP contribution in [-0.4, -0.2) is 5.91 Å². The molecule has 1 aromatic rings. The van der Waals surface area contributed by atoms with Crippen LogP contribution in [0.2, 0.25) is 0 Å². The second kappa shape index (κ2) is 7.91. The molecule has 2 nitrogen and oxygen atoms in total. The third-order valence-corrected chi connectivity index (χ3v) is 2.85. The maximum absolute atomic E-state index is 11.6. The second-order valence-electron chi connectivity index (χ2n) is 4.16. The van der Waals surface area contributed by atoms with Crippen molar-refractivity contribution in [3.8, 4) is 0 Å². The van der Waals surface area contributed by atoms with E-state index in [0.29, 0.717) is 12.5 Å². The largest absolute Gasteiger partial charge is 0.348 e. The van der Waals surface area contributed by atoms with Crippen molar-refractivity contribution in [1.29, 1.82) is 0 Å². The molecule has 0 aliphatic carbocycles. The molecular formula is C16H29NO. The van der Waals surface area contributed by atoms with Crippen molar-refractivity contribution in [2.24, 2.45) is 0 Å². The third kappa shape index (κ3) is 3.34. The van der Waals surface area contributed by atoms with Crippen LogP contribution in [0.15, 0.2) is 12.1 Å². The average Bonchev–Trinajstić information content (AvgIpc) is 2.78. The van der Waals surface area contributed by atoms with E-state index in [9.17, 15) is 4.79 Å². The molecule has 1 aliphatic rings. The summed E-state index contributed by atoms with van der Waals surface area (Å²) in [5, 5.41) is 2.88. The van der Waals surface area contributed by atoms with E-state index in [2.05, 4.69) is 38.2 Å². The van der Waals surface area contributed by atoms with E-state index in [4.69, 9.17) is 0 Å². The fraction of sp³-hybridized carbons (Fsp3) is 0.562. The molecule has 0 saturated carbocycles. The van der Waals surface area contributed by atoms with Crippen LogP contribution in [0.5, 0.6) is 0 Å². The predicted molar refractivity (Wildman–Crippen MR) is 81.2 cm³/mol. The fourth-order valence-corrected chi connectivity index (χ4v) is 2.00. The summed E-state index contributed by atoms with van der Waals surface area (Å²) in [6, 6.07) is 4.18. The van der Waals surface area contributed by atoms with Gasteiger partial charge in [-0.05, 0) is 29.5 Å². The van der Waals surface area contributed by atoms with Crippen LogP contribution < -0.4 is 5.32 Å². The van der Waals surface area contributed by atoms with E-state index in [-0.39, 0.29) is 7.33 Å². The van der Waals surface area contributed by atoms with Gasteiger partial charge >= 0.3 is 0 Å². The van der Waals surface area contributed by atoms with Gasteiger partial charge in [-0.15, -0.1) is 0 Å². The summed E-state index contributed by atoms with van der Waals surface area (Å²) < 4.78 is 0. The number of benzene rings is 1. The van der Waals surface area contributed by atoms with Gasteiger partial charge in [0.15, 0.2) is 0 Å². The van der Waals surface area contributed by atoms with Crippen molar-refractivity contribution in [2.75, 3.05) is 0 Å². The number of carbonyl (C=O) groups is 1. The van der Waals surface area contributed by atoms with Crippen molar-refractivity contribution < 1.29 is 6.22 Å². The van der Waals surface area contributed by atoms with Gasteiger partial charge in [0.2, 0.25) is 0 Å². The molecule has 1 amide bonds. The van der Waals surface area contributed by atoms with Crippen molar-refractivity contribution in [1.82, 2.24) is 5.32 Å². The molecule has 1 N–H and O–H groups in total. The van der Waals surface area contributed by atoms with E-state index in [1.165, 1.54) is 16.7 Å². The minimum Gasteiger partial charge on any atom is -0.348 e. The summed E-state index contributed by atoms with van der Waals surface area (Å²) in [5.41, 5.74) is 4.48. The van der Waals surface area contributed by atoms with E-state index in [1.54, 1.807) is 0 Å². The quantitative estimate of drug-likeness (QED) is 0.772. The third-order valence-electron chi connectivity index (χ3n) is 2.85. The topological polar surface area (TPSA) is 29.1 Å². The molecule has 0 saturated heterocycles. The van der Waals surface area contributed by atoms with Gasteiger partial charge in [0.05, 0.1) is 0 Å². The predicted octanol–water partition coefficient (Wildman–Crippen LogP) is 4.66. The SMILES string of the molecule is CC.CC.Cc1ccc(C(C)C)c2c1CNC2=O.[HH]. The van der Waals surface area contributed by atoms with Gasteiger partial charge in [0.25, 0.3) is 5.91 Å². The summed E-state index contributed by atoms with van der Waals surface area (Å²) in [6.45, 7) is 15.0. The highest BCUT2D eigenvalue weighted by Crippen LogP contribution is 2.28. The van der Waals surface area contributed by atoms with Gasteiger partial charge in [-0.3, -0.25) is 4.79 Å². The first kappa shape index (κ1) is 16.7. The Balaban J connectivity index is 0. The van der Waals surface area contributed by atoms with Crippen LogP contribution in [0.3, 0.4) is 0 Å². The van der Waals surface area contributed by atoms with Gasteiger partial charge in [-0.2, -0.15) is 0 Å². The van der Waals surface area contributed by atoms with E-state index in [1.807, 2.05) is 27.7 Å². The summed E-state index contributed by atoms with van der Waals surface area (Å²) >= 11 is 0. The Labute approximate surface area is 113 Å². The number of hydrogen-bond donors (Lipinski definition) is 1. The second-order valence-corrected chi connectivity index (χ2v) is 4.16. The molecule has 0 atom stereocenters. The number of rotatable bonds is 1. The summed E-state index contributed by atoms with van der Waals surface area (Å²) in [5.74, 6) is 0.501. The zero-order chi connectivity index (χ0) is 14.3. The smallest absolute Gasteiger partial charge is 0.252 e. The van der Waals surface area contributed by atoms with E-state index >= 15 is 0 Å². The van der Waals surface area contributed by atoms with Gasteiger partial charge < -0.3 is 5.32 Å². The Bertz CT molecular complexity index is 400. The average molecular weight is 251 g/mol. The lowest BCUT2D eigenvalue weighted by molar-refractivity contribution is 0.0964. The normalized spacial score (nSPS) is 11.9. The Morgan fingerprint density at radius 2 is 1.72 bits per heavy atom. The zero-order valence-corrected chi connectivity index (χ0v) is 12.8. The minimum absolute atomic E-state index is 0. The highest BCUT2D eigenvalue weighted by molar-refractivity contribution is 6.00. The molecule has 0 spiro atoms. The Kier molecular flexibility index (Phi) is 7.33. The van der Waals surface area contributed by atoms with Crippen LogP contribution in [0, 0.1) is 6.92 Å². The molecule has 0 radical (unpaired) electrons. The molecule has 1 aromatic carbocycles. The van der Waals surface area contributed by atoms with Crippen molar-refractivity contribution in [2.45, 2.75) is 60.9 Å². The highest BCUT2D eigenvalue weighted by atomic mass is 16.1. The number of hydrogen-bond acceptors (Lipinski definition) is 1. The maximum Gasteiger partial charge on any atom is 0.252 e. The molecule has 18 heavy (non-hydrogen) atoms. The molecule has 0 fully saturated rings. The summed E-state index contributed by atoms with van der Waals surface area (Å²) in [7, 11) is 0. The van der Waals surface area contributed by atoms with Crippen LogP contribution in [0.1, 0.15) is 75.9 Å². The number of carbonyl (C=O) groups excluding carboxylic acids is 1. The van der Waals surface area contributed by atoms with E-state index in [0.717, 1.165) is 5.56 Å². The molecule has 2 rings (SSSR count).